The van der Waals surface area contributed by atoms with Crippen molar-refractivity contribution in [1.29, 1.82) is 0 Å². The van der Waals surface area contributed by atoms with Gasteiger partial charge in [0.1, 0.15) is 0 Å². The zero-order chi connectivity index (χ0) is 11.0. The first-order chi connectivity index (χ1) is 7.11. The maximum atomic E-state index is 10.8. The third kappa shape index (κ3) is 1.73. The molecule has 2 rings (SSSR count). The van der Waals surface area contributed by atoms with E-state index in [-0.39, 0.29) is 5.69 Å². The molecule has 0 atom stereocenters. The summed E-state index contributed by atoms with van der Waals surface area (Å²) in [7, 11) is 1.71. The van der Waals surface area contributed by atoms with Crippen molar-refractivity contribution in [1.82, 2.24) is 4.98 Å². The van der Waals surface area contributed by atoms with Gasteiger partial charge in [0.25, 0.3) is 5.69 Å². The first-order valence-electron chi connectivity index (χ1n) is 4.04. The number of nitrogens with one attached hydrogen (secondary N) is 1. The van der Waals surface area contributed by atoms with Crippen LogP contribution in [0.4, 0.5) is 10.8 Å². The van der Waals surface area contributed by atoms with Crippen molar-refractivity contribution in [2.45, 2.75) is 0 Å². The van der Waals surface area contributed by atoms with Crippen LogP contribution in [0.2, 0.25) is 5.02 Å². The molecule has 2 aromatic rings. The van der Waals surface area contributed by atoms with Crippen LogP contribution in [-0.4, -0.2) is 17.0 Å². The van der Waals surface area contributed by atoms with Crippen LogP contribution >= 0.6 is 22.9 Å². The Balaban J connectivity index is 2.77. The highest BCUT2D eigenvalue weighted by molar-refractivity contribution is 7.22. The monoisotopic (exact) mass is 243 g/mol. The summed E-state index contributed by atoms with van der Waals surface area (Å²) in [6, 6.07) is 2.98. The van der Waals surface area contributed by atoms with Gasteiger partial charge in [-0.1, -0.05) is 22.9 Å². The third-order valence-electron chi connectivity index (χ3n) is 1.85. The Morgan fingerprint density at radius 2 is 2.33 bits per heavy atom. The number of nitro groups is 1. The van der Waals surface area contributed by atoms with Gasteiger partial charge in [-0.25, -0.2) is 4.98 Å². The number of benzene rings is 1. The van der Waals surface area contributed by atoms with Gasteiger partial charge < -0.3 is 5.32 Å². The second-order valence-corrected chi connectivity index (χ2v) is 4.26. The van der Waals surface area contributed by atoms with Gasteiger partial charge in [0.2, 0.25) is 0 Å². The molecule has 0 aliphatic rings. The summed E-state index contributed by atoms with van der Waals surface area (Å²) >= 11 is 7.11. The van der Waals surface area contributed by atoms with Crippen LogP contribution in [0.25, 0.3) is 10.2 Å². The van der Waals surface area contributed by atoms with E-state index in [4.69, 9.17) is 11.6 Å². The minimum Gasteiger partial charge on any atom is -0.365 e. The van der Waals surface area contributed by atoms with Crippen LogP contribution in [-0.2, 0) is 0 Å². The van der Waals surface area contributed by atoms with Crippen molar-refractivity contribution in [2.75, 3.05) is 12.4 Å². The maximum Gasteiger partial charge on any atom is 0.297 e. The summed E-state index contributed by atoms with van der Waals surface area (Å²) in [5, 5.41) is 14.6. The number of rotatable bonds is 2. The highest BCUT2D eigenvalue weighted by Crippen LogP contribution is 2.34. The summed E-state index contributed by atoms with van der Waals surface area (Å²) in [4.78, 5) is 14.4. The first kappa shape index (κ1) is 10.1. The fourth-order valence-corrected chi connectivity index (χ4v) is 2.38. The van der Waals surface area contributed by atoms with Crippen LogP contribution in [0, 0.1) is 10.1 Å². The van der Waals surface area contributed by atoms with E-state index in [0.29, 0.717) is 20.4 Å². The normalized spacial score (nSPS) is 10.5. The van der Waals surface area contributed by atoms with E-state index in [1.165, 1.54) is 17.4 Å². The lowest BCUT2D eigenvalue weighted by molar-refractivity contribution is -0.383. The lowest BCUT2D eigenvalue weighted by Crippen LogP contribution is -1.90. The fraction of sp³-hybridized carbons (Fsp3) is 0.125. The van der Waals surface area contributed by atoms with Crippen LogP contribution in [0.3, 0.4) is 0 Å². The highest BCUT2D eigenvalue weighted by Gasteiger charge is 2.17. The standard InChI is InChI=1S/C8H6ClN3O2S/c1-10-8-11-7-5(12(13)14)2-4(9)3-6(7)15-8/h2-3H,1H3,(H,10,11). The van der Waals surface area contributed by atoms with Crippen molar-refractivity contribution < 1.29 is 4.92 Å². The Kier molecular flexibility index (Phi) is 2.45. The molecule has 0 unspecified atom stereocenters. The minimum atomic E-state index is -0.479. The molecule has 0 fully saturated rings. The van der Waals surface area contributed by atoms with Gasteiger partial charge in [-0.2, -0.15) is 0 Å². The fourth-order valence-electron chi connectivity index (χ4n) is 1.23. The Morgan fingerprint density at radius 1 is 1.60 bits per heavy atom. The predicted octanol–water partition coefficient (Wildman–Crippen LogP) is 2.90. The molecule has 0 saturated carbocycles. The summed E-state index contributed by atoms with van der Waals surface area (Å²) < 4.78 is 0.707. The van der Waals surface area contributed by atoms with E-state index < -0.39 is 4.92 Å². The Hall–Kier alpha value is -1.40. The average molecular weight is 244 g/mol. The summed E-state index contributed by atoms with van der Waals surface area (Å²) in [6.07, 6.45) is 0. The van der Waals surface area contributed by atoms with Crippen molar-refractivity contribution in [2.24, 2.45) is 0 Å². The number of nitro benzene ring substituents is 1. The van der Waals surface area contributed by atoms with Crippen LogP contribution in [0.5, 0.6) is 0 Å². The molecule has 1 heterocycles. The molecular formula is C8H6ClN3O2S. The van der Waals surface area contributed by atoms with E-state index in [2.05, 4.69) is 10.3 Å². The van der Waals surface area contributed by atoms with Gasteiger partial charge in [-0.15, -0.1) is 0 Å². The number of fused-ring (bicyclic) bond motifs is 1. The number of nitrogens with zero attached hydrogens (tertiary/aromatic N) is 2. The number of halogens is 1. The van der Waals surface area contributed by atoms with Crippen molar-refractivity contribution in [3.8, 4) is 0 Å². The number of thiazole rings is 1. The molecule has 0 amide bonds. The number of aromatic nitrogens is 1. The lowest BCUT2D eigenvalue weighted by atomic mass is 10.3. The SMILES string of the molecule is CNc1nc2c([N+](=O)[O-])cc(Cl)cc2s1. The van der Waals surface area contributed by atoms with Gasteiger partial charge >= 0.3 is 0 Å². The van der Waals surface area contributed by atoms with Gasteiger partial charge in [-0.05, 0) is 6.07 Å². The Bertz CT molecular complexity index is 540. The summed E-state index contributed by atoms with van der Waals surface area (Å²) in [6.45, 7) is 0. The van der Waals surface area contributed by atoms with E-state index in [9.17, 15) is 10.1 Å². The molecule has 0 aliphatic heterocycles. The third-order valence-corrected chi connectivity index (χ3v) is 3.09. The van der Waals surface area contributed by atoms with E-state index in [1.807, 2.05) is 0 Å². The predicted molar refractivity (Wildman–Crippen MR) is 60.8 cm³/mol. The molecule has 5 nitrogen and oxygen atoms in total. The second-order valence-electron chi connectivity index (χ2n) is 2.80. The van der Waals surface area contributed by atoms with Gasteiger partial charge in [0.05, 0.1) is 9.62 Å². The molecule has 1 aromatic carbocycles. The molecule has 0 bridgehead atoms. The summed E-state index contributed by atoms with van der Waals surface area (Å²) in [5.74, 6) is 0. The van der Waals surface area contributed by atoms with E-state index >= 15 is 0 Å². The van der Waals surface area contributed by atoms with Gasteiger partial charge in [0.15, 0.2) is 10.6 Å². The van der Waals surface area contributed by atoms with E-state index in [1.54, 1.807) is 13.1 Å². The van der Waals surface area contributed by atoms with Crippen LogP contribution < -0.4 is 5.32 Å². The zero-order valence-corrected chi connectivity index (χ0v) is 9.22. The molecular weight excluding hydrogens is 238 g/mol. The van der Waals surface area contributed by atoms with Crippen LogP contribution in [0.1, 0.15) is 0 Å². The van der Waals surface area contributed by atoms with Crippen LogP contribution in [0.15, 0.2) is 12.1 Å². The quantitative estimate of drug-likeness (QED) is 0.650. The Labute approximate surface area is 93.8 Å². The molecule has 1 aromatic heterocycles. The molecule has 78 valence electrons. The number of hydrogen-bond donors (Lipinski definition) is 1. The van der Waals surface area contributed by atoms with E-state index in [0.717, 1.165) is 0 Å². The van der Waals surface area contributed by atoms with Crippen molar-refractivity contribution in [3.63, 3.8) is 0 Å². The summed E-state index contributed by atoms with van der Waals surface area (Å²) in [5.41, 5.74) is 0.314. The molecule has 15 heavy (non-hydrogen) atoms. The smallest absolute Gasteiger partial charge is 0.297 e. The molecule has 0 spiro atoms. The second kappa shape index (κ2) is 3.63. The number of non-ortho nitro benzene ring substituents is 1. The van der Waals surface area contributed by atoms with Gasteiger partial charge in [-0.3, -0.25) is 10.1 Å². The molecule has 1 N–H and O–H groups in total. The van der Waals surface area contributed by atoms with Gasteiger partial charge in [0, 0.05) is 18.1 Å². The van der Waals surface area contributed by atoms with Crippen molar-refractivity contribution in [3.05, 3.63) is 27.3 Å². The largest absolute Gasteiger partial charge is 0.365 e. The molecule has 7 heteroatoms. The van der Waals surface area contributed by atoms with Crippen molar-refractivity contribution >= 4 is 44.0 Å². The highest BCUT2D eigenvalue weighted by atomic mass is 35.5. The lowest BCUT2D eigenvalue weighted by Gasteiger charge is -1.93. The molecule has 0 saturated heterocycles. The zero-order valence-electron chi connectivity index (χ0n) is 7.65. The number of anilines is 1. The molecule has 0 aliphatic carbocycles. The topological polar surface area (TPSA) is 68.1 Å². The Morgan fingerprint density at radius 3 is 2.93 bits per heavy atom. The average Bonchev–Trinajstić information content (AvgIpc) is 2.58. The first-order valence-corrected chi connectivity index (χ1v) is 5.23. The minimum absolute atomic E-state index is 0.0600. The molecule has 0 radical (unpaired) electrons. The number of hydrogen-bond acceptors (Lipinski definition) is 5. The maximum absolute atomic E-state index is 10.8.